The van der Waals surface area contributed by atoms with E-state index in [0.717, 1.165) is 27.1 Å². The van der Waals surface area contributed by atoms with Gasteiger partial charge in [0.15, 0.2) is 0 Å². The lowest BCUT2D eigenvalue weighted by molar-refractivity contribution is -0.129. The van der Waals surface area contributed by atoms with Gasteiger partial charge in [-0.25, -0.2) is 4.79 Å². The third-order valence-corrected chi connectivity index (χ3v) is 5.15. The van der Waals surface area contributed by atoms with E-state index in [1.165, 1.54) is 0 Å². The second-order valence-corrected chi connectivity index (χ2v) is 7.09. The first-order chi connectivity index (χ1) is 14.5. The maximum atomic E-state index is 12.6. The minimum atomic E-state index is -0.862. The van der Waals surface area contributed by atoms with Crippen molar-refractivity contribution in [2.24, 2.45) is 0 Å². The van der Waals surface area contributed by atoms with Crippen LogP contribution in [0.3, 0.4) is 0 Å². The SMILES string of the molecule is COc1ccc(CCN2C(=O)N[C@@H](CC(=O)Nc3cccc4[nH]ccc34)C2=O)cc1. The lowest BCUT2D eigenvalue weighted by atomic mass is 10.1. The fourth-order valence-corrected chi connectivity index (χ4v) is 3.54. The molecule has 3 aromatic rings. The van der Waals surface area contributed by atoms with Crippen LogP contribution >= 0.6 is 0 Å². The van der Waals surface area contributed by atoms with Gasteiger partial charge < -0.3 is 20.4 Å². The van der Waals surface area contributed by atoms with Crippen molar-refractivity contribution in [1.82, 2.24) is 15.2 Å². The number of anilines is 1. The molecule has 8 nitrogen and oxygen atoms in total. The normalized spacial score (nSPS) is 16.0. The van der Waals surface area contributed by atoms with Crippen molar-refractivity contribution in [1.29, 1.82) is 0 Å². The van der Waals surface area contributed by atoms with Crippen molar-refractivity contribution in [3.8, 4) is 5.75 Å². The Morgan fingerprint density at radius 2 is 1.93 bits per heavy atom. The Bertz CT molecular complexity index is 1090. The lowest BCUT2D eigenvalue weighted by Crippen LogP contribution is -2.34. The molecule has 1 aliphatic heterocycles. The van der Waals surface area contributed by atoms with Gasteiger partial charge in [0.1, 0.15) is 11.8 Å². The van der Waals surface area contributed by atoms with E-state index in [1.54, 1.807) is 19.4 Å². The summed E-state index contributed by atoms with van der Waals surface area (Å²) in [6.45, 7) is 0.248. The van der Waals surface area contributed by atoms with E-state index in [4.69, 9.17) is 4.74 Å². The number of hydrogen-bond acceptors (Lipinski definition) is 4. The standard InChI is InChI=1S/C22H22N4O4/c1-30-15-7-5-14(6-8-15)10-12-26-21(28)19(25-22(26)29)13-20(27)24-18-4-2-3-17-16(18)9-11-23-17/h2-9,11,19,23H,10,12-13H2,1H3,(H,24,27)(H,25,29)/t19-/m0/s1. The minimum Gasteiger partial charge on any atom is -0.497 e. The van der Waals surface area contributed by atoms with E-state index < -0.39 is 12.1 Å². The zero-order valence-corrected chi connectivity index (χ0v) is 16.5. The van der Waals surface area contributed by atoms with Crippen LogP contribution in [0.1, 0.15) is 12.0 Å². The molecule has 0 saturated carbocycles. The van der Waals surface area contributed by atoms with Gasteiger partial charge in [0.2, 0.25) is 5.91 Å². The minimum absolute atomic E-state index is 0.121. The van der Waals surface area contributed by atoms with Gasteiger partial charge in [-0.15, -0.1) is 0 Å². The smallest absolute Gasteiger partial charge is 0.324 e. The monoisotopic (exact) mass is 406 g/mol. The number of amides is 4. The topological polar surface area (TPSA) is 104 Å². The number of hydrogen-bond donors (Lipinski definition) is 3. The predicted molar refractivity (Wildman–Crippen MR) is 112 cm³/mol. The van der Waals surface area contributed by atoms with E-state index in [1.807, 2.05) is 42.5 Å². The number of methoxy groups -OCH3 is 1. The molecule has 30 heavy (non-hydrogen) atoms. The van der Waals surface area contributed by atoms with Crippen LogP contribution in [0.4, 0.5) is 10.5 Å². The number of aromatic amines is 1. The van der Waals surface area contributed by atoms with Crippen molar-refractivity contribution >= 4 is 34.4 Å². The molecule has 2 aromatic carbocycles. The molecular formula is C22H22N4O4. The number of ether oxygens (including phenoxy) is 1. The Balaban J connectivity index is 1.35. The summed E-state index contributed by atoms with van der Waals surface area (Å²) in [5, 5.41) is 6.31. The van der Waals surface area contributed by atoms with Gasteiger partial charge in [-0.2, -0.15) is 0 Å². The molecule has 1 atom stereocenters. The first-order valence-corrected chi connectivity index (χ1v) is 9.66. The van der Waals surface area contributed by atoms with Crippen LogP contribution in [0.2, 0.25) is 0 Å². The largest absolute Gasteiger partial charge is 0.497 e. The van der Waals surface area contributed by atoms with E-state index in [0.29, 0.717) is 12.1 Å². The summed E-state index contributed by atoms with van der Waals surface area (Å²) in [5.74, 6) is 0.0259. The first kappa shape index (κ1) is 19.5. The van der Waals surface area contributed by atoms with Gasteiger partial charge in [0.25, 0.3) is 5.91 Å². The number of H-pyrrole nitrogens is 1. The molecule has 4 rings (SSSR count). The molecule has 0 spiro atoms. The number of fused-ring (bicyclic) bond motifs is 1. The van der Waals surface area contributed by atoms with Crippen molar-refractivity contribution < 1.29 is 19.1 Å². The van der Waals surface area contributed by atoms with Gasteiger partial charge in [0, 0.05) is 23.6 Å². The van der Waals surface area contributed by atoms with E-state index in [-0.39, 0.29) is 24.8 Å². The summed E-state index contributed by atoms with van der Waals surface area (Å²) in [4.78, 5) is 41.6. The molecular weight excluding hydrogens is 384 g/mol. The van der Waals surface area contributed by atoms with Gasteiger partial charge in [0.05, 0.1) is 19.2 Å². The van der Waals surface area contributed by atoms with Gasteiger partial charge >= 0.3 is 6.03 Å². The molecule has 0 aliphatic carbocycles. The summed E-state index contributed by atoms with van der Waals surface area (Å²) in [5.41, 5.74) is 2.55. The molecule has 2 heterocycles. The average molecular weight is 406 g/mol. The summed E-state index contributed by atoms with van der Waals surface area (Å²) in [6, 6.07) is 13.5. The third-order valence-electron chi connectivity index (χ3n) is 5.15. The molecule has 0 bridgehead atoms. The lowest BCUT2D eigenvalue weighted by Gasteiger charge is -2.13. The fraction of sp³-hybridized carbons (Fsp3) is 0.227. The van der Waals surface area contributed by atoms with Crippen molar-refractivity contribution in [2.75, 3.05) is 19.0 Å². The molecule has 8 heteroatoms. The van der Waals surface area contributed by atoms with Crippen LogP contribution in [0.5, 0.6) is 5.75 Å². The zero-order valence-electron chi connectivity index (χ0n) is 16.5. The second kappa shape index (κ2) is 8.28. The molecule has 1 aliphatic rings. The van der Waals surface area contributed by atoms with Crippen LogP contribution in [0.15, 0.2) is 54.7 Å². The molecule has 3 N–H and O–H groups in total. The Morgan fingerprint density at radius 1 is 1.13 bits per heavy atom. The first-order valence-electron chi connectivity index (χ1n) is 9.66. The van der Waals surface area contributed by atoms with Crippen LogP contribution in [0.25, 0.3) is 10.9 Å². The molecule has 4 amide bonds. The molecule has 154 valence electrons. The van der Waals surface area contributed by atoms with Crippen LogP contribution in [0, 0.1) is 0 Å². The zero-order chi connectivity index (χ0) is 21.1. The number of carbonyl (C=O) groups excluding carboxylic acids is 3. The van der Waals surface area contributed by atoms with Gasteiger partial charge in [-0.3, -0.25) is 14.5 Å². The Kier molecular flexibility index (Phi) is 5.38. The fourth-order valence-electron chi connectivity index (χ4n) is 3.54. The maximum absolute atomic E-state index is 12.6. The van der Waals surface area contributed by atoms with Crippen molar-refractivity contribution in [3.63, 3.8) is 0 Å². The third kappa shape index (κ3) is 3.98. The van der Waals surface area contributed by atoms with Gasteiger partial charge in [-0.1, -0.05) is 18.2 Å². The summed E-state index contributed by atoms with van der Waals surface area (Å²) in [7, 11) is 1.59. The summed E-state index contributed by atoms with van der Waals surface area (Å²) >= 11 is 0. The Morgan fingerprint density at radius 3 is 2.70 bits per heavy atom. The van der Waals surface area contributed by atoms with Crippen molar-refractivity contribution in [2.45, 2.75) is 18.9 Å². The summed E-state index contributed by atoms with van der Waals surface area (Å²) < 4.78 is 5.13. The number of nitrogens with one attached hydrogen (secondary N) is 3. The van der Waals surface area contributed by atoms with Crippen LogP contribution < -0.4 is 15.4 Å². The number of carbonyl (C=O) groups is 3. The Labute approximate surface area is 173 Å². The quantitative estimate of drug-likeness (QED) is 0.525. The van der Waals surface area contributed by atoms with E-state index in [9.17, 15) is 14.4 Å². The molecule has 1 fully saturated rings. The molecule has 0 unspecified atom stereocenters. The number of rotatable bonds is 7. The highest BCUT2D eigenvalue weighted by Gasteiger charge is 2.38. The van der Waals surface area contributed by atoms with E-state index in [2.05, 4.69) is 15.6 Å². The number of benzene rings is 2. The molecule has 1 saturated heterocycles. The van der Waals surface area contributed by atoms with Gasteiger partial charge in [-0.05, 0) is 42.3 Å². The van der Waals surface area contributed by atoms with Crippen LogP contribution in [-0.4, -0.2) is 47.4 Å². The number of urea groups is 1. The Hall–Kier alpha value is -3.81. The highest BCUT2D eigenvalue weighted by atomic mass is 16.5. The van der Waals surface area contributed by atoms with E-state index >= 15 is 0 Å². The molecule has 0 radical (unpaired) electrons. The predicted octanol–water partition coefficient (Wildman–Crippen LogP) is 2.67. The second-order valence-electron chi connectivity index (χ2n) is 7.09. The number of nitrogens with zero attached hydrogens (tertiary/aromatic N) is 1. The summed E-state index contributed by atoms with van der Waals surface area (Å²) in [6.07, 6.45) is 2.20. The highest BCUT2D eigenvalue weighted by Crippen LogP contribution is 2.22. The van der Waals surface area contributed by atoms with Crippen molar-refractivity contribution in [3.05, 3.63) is 60.3 Å². The van der Waals surface area contributed by atoms with Crippen LogP contribution in [-0.2, 0) is 16.0 Å². The highest BCUT2D eigenvalue weighted by molar-refractivity contribution is 6.08. The average Bonchev–Trinajstić information content (AvgIpc) is 3.32. The number of imide groups is 1. The maximum Gasteiger partial charge on any atom is 0.324 e. The molecule has 1 aromatic heterocycles. The number of aromatic nitrogens is 1.